The molecule has 3 nitrogen and oxygen atoms in total. The van der Waals surface area contributed by atoms with Crippen LogP contribution in [0.3, 0.4) is 0 Å². The normalized spacial score (nSPS) is 34.6. The van der Waals surface area contributed by atoms with E-state index in [-0.39, 0.29) is 6.29 Å². The van der Waals surface area contributed by atoms with Gasteiger partial charge < -0.3 is 14.8 Å². The number of ether oxygens (including phenoxy) is 2. The maximum atomic E-state index is 5.13. The third-order valence-corrected chi connectivity index (χ3v) is 3.44. The first-order valence-electron chi connectivity index (χ1n) is 5.30. The van der Waals surface area contributed by atoms with Crippen LogP contribution >= 0.6 is 0 Å². The lowest BCUT2D eigenvalue weighted by atomic mass is 9.71. The molecule has 0 aliphatic heterocycles. The zero-order valence-electron chi connectivity index (χ0n) is 8.90. The minimum atomic E-state index is -0.112. The minimum absolute atomic E-state index is 0.112. The first-order valence-corrected chi connectivity index (χ1v) is 5.30. The lowest BCUT2D eigenvalue weighted by molar-refractivity contribution is -0.102. The Bertz CT molecular complexity index is 213. The van der Waals surface area contributed by atoms with Gasteiger partial charge in [0, 0.05) is 26.8 Å². The Morgan fingerprint density at radius 3 is 2.86 bits per heavy atom. The summed E-state index contributed by atoms with van der Waals surface area (Å²) >= 11 is 0. The molecule has 1 saturated carbocycles. The van der Waals surface area contributed by atoms with Crippen LogP contribution in [0, 0.1) is 11.8 Å². The molecule has 1 fully saturated rings. The Morgan fingerprint density at radius 2 is 2.21 bits per heavy atom. The van der Waals surface area contributed by atoms with Crippen LogP contribution in [0.15, 0.2) is 12.2 Å². The van der Waals surface area contributed by atoms with E-state index in [0.29, 0.717) is 6.04 Å². The molecule has 3 atom stereocenters. The van der Waals surface area contributed by atoms with Gasteiger partial charge in [-0.3, -0.25) is 0 Å². The number of hydrogen-bond donors (Lipinski definition) is 1. The van der Waals surface area contributed by atoms with E-state index in [2.05, 4.69) is 17.5 Å². The van der Waals surface area contributed by atoms with Crippen molar-refractivity contribution in [3.8, 4) is 0 Å². The summed E-state index contributed by atoms with van der Waals surface area (Å²) in [6.07, 6.45) is 7.12. The standard InChI is InChI=1S/C11H19NO2/c1-13-11(14-2)7-12-10-6-8-4-3-5-9(8)10/h3,5,8-12H,4,6-7H2,1-2H3. The van der Waals surface area contributed by atoms with Crippen LogP contribution in [0.25, 0.3) is 0 Å². The van der Waals surface area contributed by atoms with Crippen molar-refractivity contribution in [3.63, 3.8) is 0 Å². The highest BCUT2D eigenvalue weighted by Gasteiger charge is 2.40. The van der Waals surface area contributed by atoms with Crippen molar-refractivity contribution in [1.29, 1.82) is 0 Å². The molecule has 3 heteroatoms. The second-order valence-electron chi connectivity index (χ2n) is 4.15. The molecule has 0 amide bonds. The number of methoxy groups -OCH3 is 2. The van der Waals surface area contributed by atoms with Crippen LogP contribution in [-0.2, 0) is 9.47 Å². The molecule has 0 spiro atoms. The average Bonchev–Trinajstić information content (AvgIpc) is 2.55. The van der Waals surface area contributed by atoms with Crippen molar-refractivity contribution in [2.24, 2.45) is 11.8 Å². The lowest BCUT2D eigenvalue weighted by Gasteiger charge is -2.41. The fourth-order valence-electron chi connectivity index (χ4n) is 2.46. The van der Waals surface area contributed by atoms with Crippen LogP contribution in [0.4, 0.5) is 0 Å². The van der Waals surface area contributed by atoms with Gasteiger partial charge in [0.2, 0.25) is 0 Å². The van der Waals surface area contributed by atoms with Crippen molar-refractivity contribution >= 4 is 0 Å². The topological polar surface area (TPSA) is 30.5 Å². The van der Waals surface area contributed by atoms with Gasteiger partial charge in [-0.05, 0) is 24.7 Å². The Kier molecular flexibility index (Phi) is 3.21. The molecule has 80 valence electrons. The highest BCUT2D eigenvalue weighted by Crippen LogP contribution is 2.42. The second-order valence-corrected chi connectivity index (χ2v) is 4.15. The van der Waals surface area contributed by atoms with Gasteiger partial charge in [-0.15, -0.1) is 0 Å². The highest BCUT2D eigenvalue weighted by molar-refractivity contribution is 5.12. The average molecular weight is 197 g/mol. The Hall–Kier alpha value is -0.380. The molecule has 2 aliphatic rings. The summed E-state index contributed by atoms with van der Waals surface area (Å²) in [6, 6.07) is 0.645. The van der Waals surface area contributed by atoms with Crippen LogP contribution in [0.1, 0.15) is 12.8 Å². The molecule has 2 rings (SSSR count). The van der Waals surface area contributed by atoms with E-state index in [0.717, 1.165) is 18.4 Å². The maximum absolute atomic E-state index is 5.13. The number of rotatable bonds is 5. The van der Waals surface area contributed by atoms with Gasteiger partial charge in [-0.25, -0.2) is 0 Å². The molecule has 0 heterocycles. The Balaban J connectivity index is 1.69. The fraction of sp³-hybridized carbons (Fsp3) is 0.818. The molecule has 0 aromatic carbocycles. The van der Waals surface area contributed by atoms with Crippen LogP contribution in [0.2, 0.25) is 0 Å². The van der Waals surface area contributed by atoms with E-state index in [1.54, 1.807) is 14.2 Å². The monoisotopic (exact) mass is 197 g/mol. The Labute approximate surface area is 85.5 Å². The van der Waals surface area contributed by atoms with E-state index in [9.17, 15) is 0 Å². The number of fused-ring (bicyclic) bond motifs is 1. The molecule has 2 aliphatic carbocycles. The molecule has 0 radical (unpaired) electrons. The van der Waals surface area contributed by atoms with E-state index in [1.807, 2.05) is 0 Å². The molecule has 1 N–H and O–H groups in total. The zero-order valence-corrected chi connectivity index (χ0v) is 8.90. The van der Waals surface area contributed by atoms with E-state index < -0.39 is 0 Å². The van der Waals surface area contributed by atoms with Crippen molar-refractivity contribution in [3.05, 3.63) is 12.2 Å². The van der Waals surface area contributed by atoms with Gasteiger partial charge in [0.05, 0.1) is 0 Å². The third kappa shape index (κ3) is 1.85. The molecule has 0 aromatic heterocycles. The van der Waals surface area contributed by atoms with E-state index in [4.69, 9.17) is 9.47 Å². The first kappa shape index (κ1) is 10.1. The van der Waals surface area contributed by atoms with Gasteiger partial charge in [-0.1, -0.05) is 12.2 Å². The number of nitrogens with one attached hydrogen (secondary N) is 1. The summed E-state index contributed by atoms with van der Waals surface area (Å²) in [4.78, 5) is 0. The summed E-state index contributed by atoms with van der Waals surface area (Å²) in [5.41, 5.74) is 0. The van der Waals surface area contributed by atoms with Gasteiger partial charge in [-0.2, -0.15) is 0 Å². The van der Waals surface area contributed by atoms with E-state index >= 15 is 0 Å². The van der Waals surface area contributed by atoms with E-state index in [1.165, 1.54) is 12.8 Å². The van der Waals surface area contributed by atoms with Gasteiger partial charge >= 0.3 is 0 Å². The summed E-state index contributed by atoms with van der Waals surface area (Å²) in [6.45, 7) is 0.786. The molecule has 0 aromatic rings. The maximum Gasteiger partial charge on any atom is 0.169 e. The van der Waals surface area contributed by atoms with Crippen molar-refractivity contribution in [2.45, 2.75) is 25.2 Å². The zero-order chi connectivity index (χ0) is 9.97. The third-order valence-electron chi connectivity index (χ3n) is 3.44. The first-order chi connectivity index (χ1) is 6.85. The smallest absolute Gasteiger partial charge is 0.169 e. The molecule has 0 bridgehead atoms. The van der Waals surface area contributed by atoms with Crippen LogP contribution in [0.5, 0.6) is 0 Å². The Morgan fingerprint density at radius 1 is 1.43 bits per heavy atom. The lowest BCUT2D eigenvalue weighted by Crippen LogP contribution is -2.50. The van der Waals surface area contributed by atoms with Gasteiger partial charge in [0.1, 0.15) is 0 Å². The molecular weight excluding hydrogens is 178 g/mol. The summed E-state index contributed by atoms with van der Waals surface area (Å²) in [5, 5.41) is 3.49. The number of hydrogen-bond acceptors (Lipinski definition) is 3. The predicted molar refractivity (Wildman–Crippen MR) is 55.0 cm³/mol. The summed E-state index contributed by atoms with van der Waals surface area (Å²) in [7, 11) is 3.35. The minimum Gasteiger partial charge on any atom is -0.355 e. The van der Waals surface area contributed by atoms with Crippen molar-refractivity contribution < 1.29 is 9.47 Å². The fourth-order valence-corrected chi connectivity index (χ4v) is 2.46. The van der Waals surface area contributed by atoms with Gasteiger partial charge in [0.25, 0.3) is 0 Å². The van der Waals surface area contributed by atoms with Crippen LogP contribution in [-0.4, -0.2) is 33.1 Å². The van der Waals surface area contributed by atoms with Crippen molar-refractivity contribution in [1.82, 2.24) is 5.32 Å². The SMILES string of the molecule is COC(CNC1CC2CC=CC21)OC. The summed E-state index contributed by atoms with van der Waals surface area (Å²) < 4.78 is 10.3. The molecule has 14 heavy (non-hydrogen) atoms. The van der Waals surface area contributed by atoms with Crippen molar-refractivity contribution in [2.75, 3.05) is 20.8 Å². The largest absolute Gasteiger partial charge is 0.355 e. The predicted octanol–water partition coefficient (Wildman–Crippen LogP) is 1.16. The quantitative estimate of drug-likeness (QED) is 0.530. The van der Waals surface area contributed by atoms with Gasteiger partial charge in [0.15, 0.2) is 6.29 Å². The van der Waals surface area contributed by atoms with Crippen LogP contribution < -0.4 is 5.32 Å². The highest BCUT2D eigenvalue weighted by atomic mass is 16.7. The second kappa shape index (κ2) is 4.43. The molecule has 0 saturated heterocycles. The summed E-state index contributed by atoms with van der Waals surface area (Å²) in [5.74, 6) is 1.68. The number of allylic oxidation sites excluding steroid dienone is 1. The molecule has 3 unspecified atom stereocenters. The molecular formula is C11H19NO2.